The van der Waals surface area contributed by atoms with Crippen molar-refractivity contribution in [3.63, 3.8) is 0 Å². The number of furan rings is 1. The van der Waals surface area contributed by atoms with Gasteiger partial charge < -0.3 is 4.42 Å². The summed E-state index contributed by atoms with van der Waals surface area (Å²) in [6.07, 6.45) is 0. The molecule has 9 aromatic carbocycles. The molecule has 11 rings (SSSR count). The number of benzene rings is 9. The predicted molar refractivity (Wildman–Crippen MR) is 237 cm³/mol. The number of hydrogen-bond acceptors (Lipinski definition) is 3. The normalized spacial score (nSPS) is 11.5. The van der Waals surface area contributed by atoms with Crippen molar-refractivity contribution in [1.82, 2.24) is 9.97 Å². The Morgan fingerprint density at radius 3 is 1.70 bits per heavy atom. The zero-order valence-electron chi connectivity index (χ0n) is 30.9. The van der Waals surface area contributed by atoms with Crippen LogP contribution in [0.1, 0.15) is 0 Å². The van der Waals surface area contributed by atoms with Crippen molar-refractivity contribution >= 4 is 43.5 Å². The molecule has 0 saturated carbocycles. The minimum absolute atomic E-state index is 0.686. The van der Waals surface area contributed by atoms with Gasteiger partial charge in [-0.1, -0.05) is 170 Å². The van der Waals surface area contributed by atoms with Gasteiger partial charge in [-0.25, -0.2) is 9.97 Å². The van der Waals surface area contributed by atoms with E-state index in [-0.39, 0.29) is 0 Å². The van der Waals surface area contributed by atoms with Gasteiger partial charge in [-0.3, -0.25) is 0 Å². The Labute approximate surface area is 330 Å². The molecule has 0 N–H and O–H groups in total. The Hall–Kier alpha value is -7.62. The van der Waals surface area contributed by atoms with E-state index in [1.165, 1.54) is 32.7 Å². The second-order valence-electron chi connectivity index (χ2n) is 14.5. The average Bonchev–Trinajstić information content (AvgIpc) is 3.68. The second-order valence-corrected chi connectivity index (χ2v) is 14.5. The molecule has 2 aromatic heterocycles. The fourth-order valence-corrected chi connectivity index (χ4v) is 8.29. The molecule has 0 radical (unpaired) electrons. The Bertz CT molecular complexity index is 3270. The number of fused-ring (bicyclic) bond motifs is 6. The summed E-state index contributed by atoms with van der Waals surface area (Å²) < 4.78 is 6.53. The van der Waals surface area contributed by atoms with Gasteiger partial charge in [0.25, 0.3) is 0 Å². The third kappa shape index (κ3) is 5.85. The highest BCUT2D eigenvalue weighted by Crippen LogP contribution is 2.40. The van der Waals surface area contributed by atoms with Gasteiger partial charge in [0, 0.05) is 27.5 Å². The fraction of sp³-hybridized carbons (Fsp3) is 0. The summed E-state index contributed by atoms with van der Waals surface area (Å²) in [7, 11) is 0. The van der Waals surface area contributed by atoms with Gasteiger partial charge in [-0.2, -0.15) is 0 Å². The summed E-state index contributed by atoms with van der Waals surface area (Å²) >= 11 is 0. The minimum Gasteiger partial charge on any atom is -0.456 e. The lowest BCUT2D eigenvalue weighted by Crippen LogP contribution is -1.96. The Kier molecular flexibility index (Phi) is 7.82. The summed E-state index contributed by atoms with van der Waals surface area (Å²) in [5, 5.41) is 7.01. The lowest BCUT2D eigenvalue weighted by Gasteiger charge is -2.13. The highest BCUT2D eigenvalue weighted by molar-refractivity contribution is 6.14. The molecule has 3 heteroatoms. The SMILES string of the molecule is c1ccc(-c2cccc(-c3ccc4c(c3)oc3cccc(-c5ccc(-c6nc(-c7ccccc7)cc(-c7cc8ccccc8c8ccccc78)n6)cc5)c34)c2)cc1. The van der Waals surface area contributed by atoms with Crippen molar-refractivity contribution in [3.8, 4) is 67.3 Å². The first-order valence-electron chi connectivity index (χ1n) is 19.3. The van der Waals surface area contributed by atoms with E-state index in [2.05, 4.69) is 200 Å². The van der Waals surface area contributed by atoms with Gasteiger partial charge in [0.1, 0.15) is 11.2 Å². The topological polar surface area (TPSA) is 38.9 Å². The molecule has 0 aliphatic carbocycles. The first kappa shape index (κ1) is 32.8. The van der Waals surface area contributed by atoms with Crippen LogP contribution in [0.5, 0.6) is 0 Å². The van der Waals surface area contributed by atoms with Crippen LogP contribution in [0.2, 0.25) is 0 Å². The number of rotatable bonds is 6. The fourth-order valence-electron chi connectivity index (χ4n) is 8.29. The minimum atomic E-state index is 0.686. The van der Waals surface area contributed by atoms with Gasteiger partial charge in [-0.05, 0) is 91.3 Å². The molecular formula is C54H34N2O. The Morgan fingerprint density at radius 1 is 0.298 bits per heavy atom. The van der Waals surface area contributed by atoms with Crippen molar-refractivity contribution in [2.75, 3.05) is 0 Å². The maximum atomic E-state index is 6.53. The van der Waals surface area contributed by atoms with Crippen LogP contribution >= 0.6 is 0 Å². The molecule has 0 aliphatic rings. The summed E-state index contributed by atoms with van der Waals surface area (Å²) in [5.41, 5.74) is 13.5. The summed E-state index contributed by atoms with van der Waals surface area (Å²) in [6.45, 7) is 0. The lowest BCUT2D eigenvalue weighted by molar-refractivity contribution is 0.669. The van der Waals surface area contributed by atoms with E-state index in [1.807, 2.05) is 6.07 Å². The number of aromatic nitrogens is 2. The van der Waals surface area contributed by atoms with Crippen LogP contribution in [-0.4, -0.2) is 9.97 Å². The number of hydrogen-bond donors (Lipinski definition) is 0. The average molecular weight is 727 g/mol. The molecule has 0 spiro atoms. The lowest BCUT2D eigenvalue weighted by atomic mass is 9.95. The van der Waals surface area contributed by atoms with Crippen molar-refractivity contribution in [1.29, 1.82) is 0 Å². The largest absolute Gasteiger partial charge is 0.456 e. The molecule has 0 unspecified atom stereocenters. The van der Waals surface area contributed by atoms with Crippen molar-refractivity contribution in [2.45, 2.75) is 0 Å². The monoisotopic (exact) mass is 726 g/mol. The van der Waals surface area contributed by atoms with Crippen LogP contribution in [0, 0.1) is 0 Å². The third-order valence-electron chi connectivity index (χ3n) is 11.1. The van der Waals surface area contributed by atoms with Crippen LogP contribution in [0.4, 0.5) is 0 Å². The maximum Gasteiger partial charge on any atom is 0.160 e. The van der Waals surface area contributed by atoms with E-state index in [1.54, 1.807) is 0 Å². The quantitative estimate of drug-likeness (QED) is 0.160. The number of nitrogens with zero attached hydrogens (tertiary/aromatic N) is 2. The maximum absolute atomic E-state index is 6.53. The molecule has 0 atom stereocenters. The van der Waals surface area contributed by atoms with E-state index in [0.29, 0.717) is 5.82 Å². The van der Waals surface area contributed by atoms with Gasteiger partial charge in [0.05, 0.1) is 11.4 Å². The predicted octanol–water partition coefficient (Wildman–Crippen LogP) is 14.7. The van der Waals surface area contributed by atoms with E-state index in [0.717, 1.165) is 72.3 Å². The molecule has 3 nitrogen and oxygen atoms in total. The first-order chi connectivity index (χ1) is 28.2. The van der Waals surface area contributed by atoms with Gasteiger partial charge in [0.2, 0.25) is 0 Å². The molecule has 0 fully saturated rings. The standard InChI is InChI=1S/C54H34N2O/c1-3-13-35(14-4-1)39-18-11-19-40(31-39)41-29-30-47-52(33-41)57-51-24-12-23-44(53(47)51)36-25-27-38(28-26-36)54-55-49(37-15-5-2-6-16-37)34-50(56-54)48-32-42-17-7-8-20-43(42)45-21-9-10-22-46(45)48/h1-34H. The first-order valence-corrected chi connectivity index (χ1v) is 19.3. The molecule has 266 valence electrons. The molecule has 57 heavy (non-hydrogen) atoms. The van der Waals surface area contributed by atoms with Gasteiger partial charge in [0.15, 0.2) is 5.82 Å². The van der Waals surface area contributed by atoms with Gasteiger partial charge >= 0.3 is 0 Å². The molecule has 0 bridgehead atoms. The van der Waals surface area contributed by atoms with Crippen molar-refractivity contribution in [2.24, 2.45) is 0 Å². The van der Waals surface area contributed by atoms with Crippen molar-refractivity contribution in [3.05, 3.63) is 206 Å². The van der Waals surface area contributed by atoms with Gasteiger partial charge in [-0.15, -0.1) is 0 Å². The Balaban J connectivity index is 0.995. The molecular weight excluding hydrogens is 693 g/mol. The zero-order valence-corrected chi connectivity index (χ0v) is 30.9. The van der Waals surface area contributed by atoms with E-state index in [4.69, 9.17) is 14.4 Å². The molecule has 0 saturated heterocycles. The zero-order chi connectivity index (χ0) is 37.7. The van der Waals surface area contributed by atoms with Crippen LogP contribution in [0.3, 0.4) is 0 Å². The molecule has 11 aromatic rings. The summed E-state index contributed by atoms with van der Waals surface area (Å²) in [4.78, 5) is 10.4. The van der Waals surface area contributed by atoms with Crippen LogP contribution in [-0.2, 0) is 0 Å². The Morgan fingerprint density at radius 2 is 0.895 bits per heavy atom. The summed E-state index contributed by atoms with van der Waals surface area (Å²) in [5.74, 6) is 0.686. The molecule has 0 aliphatic heterocycles. The van der Waals surface area contributed by atoms with Crippen molar-refractivity contribution < 1.29 is 4.42 Å². The van der Waals surface area contributed by atoms with E-state index in [9.17, 15) is 0 Å². The van der Waals surface area contributed by atoms with E-state index < -0.39 is 0 Å². The second kappa shape index (κ2) is 13.6. The highest BCUT2D eigenvalue weighted by Gasteiger charge is 2.17. The third-order valence-corrected chi connectivity index (χ3v) is 11.1. The smallest absolute Gasteiger partial charge is 0.160 e. The van der Waals surface area contributed by atoms with Crippen LogP contribution in [0.15, 0.2) is 211 Å². The molecule has 2 heterocycles. The summed E-state index contributed by atoms with van der Waals surface area (Å²) in [6, 6.07) is 72.7. The molecule has 0 amide bonds. The van der Waals surface area contributed by atoms with Crippen LogP contribution in [0.25, 0.3) is 111 Å². The highest BCUT2D eigenvalue weighted by atomic mass is 16.3. The van der Waals surface area contributed by atoms with Crippen LogP contribution < -0.4 is 0 Å². The van der Waals surface area contributed by atoms with E-state index >= 15 is 0 Å².